The molecule has 0 aliphatic rings. The Kier molecular flexibility index (Phi) is 6.87. The summed E-state index contributed by atoms with van der Waals surface area (Å²) in [6.07, 6.45) is 2.45. The quantitative estimate of drug-likeness (QED) is 0.689. The molecule has 0 N–H and O–H groups in total. The third-order valence-corrected chi connectivity index (χ3v) is 3.67. The molecule has 0 bridgehead atoms. The average Bonchev–Trinajstić information content (AvgIpc) is 2.42. The van der Waals surface area contributed by atoms with Gasteiger partial charge in [-0.2, -0.15) is 8.42 Å². The molecule has 0 unspecified atom stereocenters. The van der Waals surface area contributed by atoms with Gasteiger partial charge in [-0.3, -0.25) is 4.79 Å². The summed E-state index contributed by atoms with van der Waals surface area (Å²) in [5.41, 5.74) is 0.950. The zero-order valence-electron chi connectivity index (χ0n) is 13.7. The second-order valence-electron chi connectivity index (χ2n) is 5.78. The summed E-state index contributed by atoms with van der Waals surface area (Å²) in [4.78, 5) is 13.8. The number of nitrogens with zero attached hydrogens (tertiary/aromatic N) is 1. The van der Waals surface area contributed by atoms with Crippen molar-refractivity contribution in [3.05, 3.63) is 29.8 Å². The largest absolute Gasteiger partial charge is 0.383 e. The molecule has 124 valence electrons. The third-order valence-electron chi connectivity index (χ3n) is 3.18. The highest BCUT2D eigenvalue weighted by Gasteiger charge is 2.13. The van der Waals surface area contributed by atoms with E-state index < -0.39 is 10.1 Å². The number of rotatable bonds is 8. The van der Waals surface area contributed by atoms with Gasteiger partial charge in [0.25, 0.3) is 0 Å². The Hall–Kier alpha value is -1.56. The van der Waals surface area contributed by atoms with E-state index in [0.29, 0.717) is 18.9 Å². The maximum atomic E-state index is 12.0. The normalized spacial score (nSPS) is 11.5. The molecule has 5 nitrogen and oxygen atoms in total. The summed E-state index contributed by atoms with van der Waals surface area (Å²) >= 11 is 0. The molecule has 0 atom stereocenters. The molecular formula is C16H25NO4S. The fraction of sp³-hybridized carbons (Fsp3) is 0.562. The first-order valence-corrected chi connectivity index (χ1v) is 9.29. The van der Waals surface area contributed by atoms with Gasteiger partial charge in [0.2, 0.25) is 5.91 Å². The molecule has 22 heavy (non-hydrogen) atoms. The average molecular weight is 327 g/mol. The Balaban J connectivity index is 2.74. The highest BCUT2D eigenvalue weighted by Crippen LogP contribution is 2.16. The van der Waals surface area contributed by atoms with Crippen LogP contribution in [0.15, 0.2) is 24.3 Å². The summed E-state index contributed by atoms with van der Waals surface area (Å²) in [5, 5.41) is 0. The highest BCUT2D eigenvalue weighted by molar-refractivity contribution is 7.86. The zero-order chi connectivity index (χ0) is 16.8. The summed E-state index contributed by atoms with van der Waals surface area (Å²) in [6, 6.07) is 6.78. The van der Waals surface area contributed by atoms with Crippen LogP contribution in [0.25, 0.3) is 0 Å². The lowest BCUT2D eigenvalue weighted by atomic mass is 10.1. The number of carbonyl (C=O) groups excluding carboxylic acids is 1. The molecule has 0 saturated carbocycles. The van der Waals surface area contributed by atoms with Crippen molar-refractivity contribution in [3.63, 3.8) is 0 Å². The van der Waals surface area contributed by atoms with Crippen LogP contribution in [0.4, 0.5) is 0 Å². The van der Waals surface area contributed by atoms with Crippen molar-refractivity contribution in [1.29, 1.82) is 0 Å². The van der Waals surface area contributed by atoms with E-state index in [-0.39, 0.29) is 11.7 Å². The molecule has 0 aliphatic carbocycles. The Morgan fingerprint density at radius 3 is 2.27 bits per heavy atom. The van der Waals surface area contributed by atoms with Crippen LogP contribution in [0.1, 0.15) is 39.2 Å². The van der Waals surface area contributed by atoms with E-state index in [9.17, 15) is 13.2 Å². The van der Waals surface area contributed by atoms with Gasteiger partial charge in [-0.15, -0.1) is 0 Å². The van der Waals surface area contributed by atoms with Crippen LogP contribution in [0.2, 0.25) is 0 Å². The minimum atomic E-state index is -3.51. The first-order chi connectivity index (χ1) is 10.2. The van der Waals surface area contributed by atoms with Gasteiger partial charge in [0.1, 0.15) is 5.75 Å². The second-order valence-corrected chi connectivity index (χ2v) is 7.36. The van der Waals surface area contributed by atoms with E-state index in [1.807, 2.05) is 11.8 Å². The molecule has 1 rings (SSSR count). The predicted molar refractivity (Wildman–Crippen MR) is 87.1 cm³/mol. The number of hydrogen-bond acceptors (Lipinski definition) is 4. The smallest absolute Gasteiger partial charge is 0.306 e. The molecule has 0 saturated heterocycles. The van der Waals surface area contributed by atoms with Gasteiger partial charge in [-0.1, -0.05) is 32.9 Å². The number of benzene rings is 1. The fourth-order valence-corrected chi connectivity index (χ4v) is 2.44. The molecule has 1 aromatic rings. The van der Waals surface area contributed by atoms with Gasteiger partial charge in [0, 0.05) is 19.5 Å². The highest BCUT2D eigenvalue weighted by atomic mass is 32.2. The second kappa shape index (κ2) is 8.17. The van der Waals surface area contributed by atoms with Gasteiger partial charge >= 0.3 is 10.1 Å². The van der Waals surface area contributed by atoms with Crippen molar-refractivity contribution in [3.8, 4) is 5.75 Å². The molecule has 1 amide bonds. The van der Waals surface area contributed by atoms with Gasteiger partial charge in [-0.25, -0.2) is 0 Å². The molecule has 0 heterocycles. The lowest BCUT2D eigenvalue weighted by molar-refractivity contribution is -0.131. The van der Waals surface area contributed by atoms with Crippen molar-refractivity contribution in [2.45, 2.75) is 40.2 Å². The summed E-state index contributed by atoms with van der Waals surface area (Å²) < 4.78 is 26.9. The van der Waals surface area contributed by atoms with Gasteiger partial charge in [0.05, 0.1) is 6.26 Å². The minimum Gasteiger partial charge on any atom is -0.383 e. The maximum absolute atomic E-state index is 12.0. The molecule has 0 aromatic heterocycles. The fourth-order valence-electron chi connectivity index (χ4n) is 1.98. The molecule has 1 aromatic carbocycles. The van der Waals surface area contributed by atoms with Crippen molar-refractivity contribution in [2.75, 3.05) is 12.8 Å². The molecule has 0 radical (unpaired) electrons. The lowest BCUT2D eigenvalue weighted by Gasteiger charge is -2.23. The lowest BCUT2D eigenvalue weighted by Crippen LogP contribution is -2.31. The van der Waals surface area contributed by atoms with E-state index in [1.54, 1.807) is 24.3 Å². The van der Waals surface area contributed by atoms with Crippen molar-refractivity contribution in [2.24, 2.45) is 5.92 Å². The van der Waals surface area contributed by atoms with E-state index in [1.165, 1.54) is 0 Å². The predicted octanol–water partition coefficient (Wildman–Crippen LogP) is 2.81. The van der Waals surface area contributed by atoms with Crippen LogP contribution >= 0.6 is 0 Å². The SMILES string of the molecule is CCC(=O)N(CCC(C)C)Cc1ccc(OS(C)(=O)=O)cc1. The summed E-state index contributed by atoms with van der Waals surface area (Å²) in [7, 11) is -3.51. The maximum Gasteiger partial charge on any atom is 0.306 e. The van der Waals surface area contributed by atoms with Crippen molar-refractivity contribution < 1.29 is 17.4 Å². The van der Waals surface area contributed by atoms with Crippen LogP contribution < -0.4 is 4.18 Å². The Bertz CT molecular complexity index is 579. The van der Waals surface area contributed by atoms with Crippen LogP contribution in [0, 0.1) is 5.92 Å². The number of carbonyl (C=O) groups is 1. The van der Waals surface area contributed by atoms with Crippen molar-refractivity contribution >= 4 is 16.0 Å². The monoisotopic (exact) mass is 327 g/mol. The van der Waals surface area contributed by atoms with Crippen LogP contribution in [-0.2, 0) is 21.5 Å². The Morgan fingerprint density at radius 1 is 1.23 bits per heavy atom. The molecule has 0 fully saturated rings. The third kappa shape index (κ3) is 6.93. The Morgan fingerprint density at radius 2 is 1.82 bits per heavy atom. The van der Waals surface area contributed by atoms with Crippen LogP contribution in [0.5, 0.6) is 5.75 Å². The minimum absolute atomic E-state index is 0.122. The van der Waals surface area contributed by atoms with E-state index in [4.69, 9.17) is 4.18 Å². The number of hydrogen-bond donors (Lipinski definition) is 0. The van der Waals surface area contributed by atoms with Crippen LogP contribution in [0.3, 0.4) is 0 Å². The van der Waals surface area contributed by atoms with Gasteiger partial charge in [-0.05, 0) is 30.0 Å². The first-order valence-electron chi connectivity index (χ1n) is 7.47. The summed E-state index contributed by atoms with van der Waals surface area (Å²) in [5.74, 6) is 0.941. The van der Waals surface area contributed by atoms with Crippen LogP contribution in [-0.4, -0.2) is 32.0 Å². The topological polar surface area (TPSA) is 63.7 Å². The molecule has 0 spiro atoms. The zero-order valence-corrected chi connectivity index (χ0v) is 14.5. The standard InChI is InChI=1S/C16H25NO4S/c1-5-16(18)17(11-10-13(2)3)12-14-6-8-15(9-7-14)21-22(4,19)20/h6-9,13H,5,10-12H2,1-4H3. The van der Waals surface area contributed by atoms with Crippen molar-refractivity contribution in [1.82, 2.24) is 4.90 Å². The summed E-state index contributed by atoms with van der Waals surface area (Å²) in [6.45, 7) is 7.37. The first kappa shape index (κ1) is 18.5. The van der Waals surface area contributed by atoms with Gasteiger partial charge in [0.15, 0.2) is 0 Å². The molecule has 0 aliphatic heterocycles. The molecular weight excluding hydrogens is 302 g/mol. The van der Waals surface area contributed by atoms with Gasteiger partial charge < -0.3 is 9.08 Å². The Labute approximate surface area is 133 Å². The van der Waals surface area contributed by atoms with E-state index in [2.05, 4.69) is 13.8 Å². The van der Waals surface area contributed by atoms with E-state index in [0.717, 1.165) is 24.8 Å². The van der Waals surface area contributed by atoms with E-state index >= 15 is 0 Å². The number of amides is 1. The molecule has 6 heteroatoms.